The number of aromatic hydroxyl groups is 1. The van der Waals surface area contributed by atoms with Crippen molar-refractivity contribution in [3.63, 3.8) is 0 Å². The Morgan fingerprint density at radius 3 is 2.23 bits per heavy atom. The highest BCUT2D eigenvalue weighted by Crippen LogP contribution is 2.36. The van der Waals surface area contributed by atoms with Gasteiger partial charge < -0.3 is 15.2 Å². The number of nitrogens with one attached hydrogen (secondary N) is 1. The molecule has 0 atom stereocenters. The fourth-order valence-corrected chi connectivity index (χ4v) is 5.21. The molecule has 0 amide bonds. The molecule has 0 spiro atoms. The van der Waals surface area contributed by atoms with Gasteiger partial charge in [0.15, 0.2) is 5.75 Å². The average Bonchev–Trinajstić information content (AvgIpc) is 2.70. The highest BCUT2D eigenvalue weighted by Gasteiger charge is 2.13. The van der Waals surface area contributed by atoms with Crippen LogP contribution in [-0.4, -0.2) is 11.7 Å². The van der Waals surface area contributed by atoms with Crippen LogP contribution in [0.5, 0.6) is 17.2 Å². The fourth-order valence-electron chi connectivity index (χ4n) is 3.09. The molecule has 0 aliphatic heterocycles. The van der Waals surface area contributed by atoms with Crippen molar-refractivity contribution in [2.75, 3.05) is 6.54 Å². The molecule has 3 aromatic carbocycles. The first-order valence-corrected chi connectivity index (χ1v) is 11.8. The van der Waals surface area contributed by atoms with E-state index < -0.39 is 0 Å². The highest BCUT2D eigenvalue weighted by molar-refractivity contribution is 14.1. The van der Waals surface area contributed by atoms with Crippen LogP contribution in [0.4, 0.5) is 0 Å². The molecule has 0 aliphatic rings. The topological polar surface area (TPSA) is 41.5 Å². The molecule has 0 heterocycles. The van der Waals surface area contributed by atoms with E-state index in [9.17, 15) is 5.11 Å². The quantitative estimate of drug-likeness (QED) is 0.199. The second-order valence-electron chi connectivity index (χ2n) is 7.28. The number of phenols is 1. The molecule has 6 heteroatoms. The molecule has 0 unspecified atom stereocenters. The first kappa shape index (κ1) is 25.2. The molecule has 2 N–H and O–H groups in total. The summed E-state index contributed by atoms with van der Waals surface area (Å²) in [4.78, 5) is 0. The number of hydrogen-bond donors (Lipinski definition) is 2. The maximum atomic E-state index is 10.0. The van der Waals surface area contributed by atoms with E-state index in [1.807, 2.05) is 18.2 Å². The van der Waals surface area contributed by atoms with Crippen molar-refractivity contribution in [3.8, 4) is 17.2 Å². The van der Waals surface area contributed by atoms with E-state index in [4.69, 9.17) is 4.74 Å². The summed E-state index contributed by atoms with van der Waals surface area (Å²) in [5.74, 6) is 2.17. The van der Waals surface area contributed by atoms with Crippen molar-refractivity contribution in [1.29, 1.82) is 0 Å². The van der Waals surface area contributed by atoms with Crippen LogP contribution in [0.1, 0.15) is 36.5 Å². The molecule has 0 saturated carbocycles. The molecule has 0 radical (unpaired) electrons. The van der Waals surface area contributed by atoms with Gasteiger partial charge in [0.25, 0.3) is 0 Å². The summed E-state index contributed by atoms with van der Waals surface area (Å²) >= 11 is 4.68. The minimum atomic E-state index is 0. The van der Waals surface area contributed by atoms with Crippen molar-refractivity contribution in [1.82, 2.24) is 5.32 Å². The third-order valence-electron chi connectivity index (χ3n) is 4.66. The summed E-state index contributed by atoms with van der Waals surface area (Å²) in [6.07, 6.45) is 0.968. The van der Waals surface area contributed by atoms with Crippen molar-refractivity contribution in [3.05, 3.63) is 84.5 Å². The fraction of sp³-hybridized carbons (Fsp3) is 0.250. The molecule has 0 aliphatic carbocycles. The van der Waals surface area contributed by atoms with Crippen LogP contribution in [0.3, 0.4) is 0 Å². The number of halogens is 3. The van der Waals surface area contributed by atoms with Gasteiger partial charge in [-0.05, 0) is 106 Å². The van der Waals surface area contributed by atoms with Crippen LogP contribution in [-0.2, 0) is 13.0 Å². The van der Waals surface area contributed by atoms with Gasteiger partial charge in [0.1, 0.15) is 11.5 Å². The molecule has 3 nitrogen and oxygen atoms in total. The van der Waals surface area contributed by atoms with Crippen LogP contribution >= 0.6 is 57.6 Å². The van der Waals surface area contributed by atoms with Gasteiger partial charge in [0, 0.05) is 12.1 Å². The Balaban J connectivity index is 0.00000320. The second-order valence-corrected chi connectivity index (χ2v) is 9.60. The second kappa shape index (κ2) is 12.1. The van der Waals surface area contributed by atoms with Crippen molar-refractivity contribution in [2.45, 2.75) is 32.7 Å². The molecule has 160 valence electrons. The van der Waals surface area contributed by atoms with Gasteiger partial charge in [-0.25, -0.2) is 0 Å². The predicted molar refractivity (Wildman–Crippen MR) is 143 cm³/mol. The molecular weight excluding hydrogens is 624 g/mol. The molecule has 3 rings (SSSR count). The minimum Gasteiger partial charge on any atom is -0.508 e. The maximum Gasteiger partial charge on any atom is 0.154 e. The van der Waals surface area contributed by atoms with Crippen LogP contribution in [0.2, 0.25) is 0 Å². The van der Waals surface area contributed by atoms with Gasteiger partial charge in [0.2, 0.25) is 0 Å². The first-order chi connectivity index (χ1) is 13.9. The van der Waals surface area contributed by atoms with Gasteiger partial charge in [-0.3, -0.25) is 0 Å². The van der Waals surface area contributed by atoms with Crippen LogP contribution in [0, 0.1) is 7.14 Å². The summed E-state index contributed by atoms with van der Waals surface area (Å²) in [5.41, 5.74) is 3.49. The molecule has 0 fully saturated rings. The smallest absolute Gasteiger partial charge is 0.154 e. The van der Waals surface area contributed by atoms with Gasteiger partial charge >= 0.3 is 0 Å². The Labute approximate surface area is 212 Å². The van der Waals surface area contributed by atoms with Gasteiger partial charge in [0.05, 0.1) is 7.14 Å². The number of phenolic OH excluding ortho intramolecular Hbond substituents is 1. The molecule has 3 aromatic rings. The van der Waals surface area contributed by atoms with E-state index in [2.05, 4.69) is 101 Å². The summed E-state index contributed by atoms with van der Waals surface area (Å²) in [7, 11) is 0. The average molecular weight is 650 g/mol. The normalized spacial score (nSPS) is 10.7. The summed E-state index contributed by atoms with van der Waals surface area (Å²) in [5, 5.41) is 13.5. The maximum absolute atomic E-state index is 10.0. The van der Waals surface area contributed by atoms with Crippen LogP contribution < -0.4 is 10.1 Å². The Hall–Kier alpha value is -1.03. The number of rotatable bonds is 8. The van der Waals surface area contributed by atoms with E-state index in [1.165, 1.54) is 11.1 Å². The molecule has 30 heavy (non-hydrogen) atoms. The zero-order valence-corrected chi connectivity index (χ0v) is 22.1. The van der Waals surface area contributed by atoms with E-state index in [0.717, 1.165) is 43.7 Å². The van der Waals surface area contributed by atoms with Crippen LogP contribution in [0.25, 0.3) is 0 Å². The van der Waals surface area contributed by atoms with Crippen molar-refractivity contribution < 1.29 is 9.84 Å². The molecule has 0 saturated heterocycles. The Kier molecular flexibility index (Phi) is 10.2. The highest BCUT2D eigenvalue weighted by atomic mass is 127. The SMILES string of the molecule is CC(C)c1cc(Oc2c(I)cc(CCNCc3ccccc3)cc2I)ccc1O.Cl. The largest absolute Gasteiger partial charge is 0.508 e. The van der Waals surface area contributed by atoms with E-state index >= 15 is 0 Å². The Bertz CT molecular complexity index is 942. The lowest BCUT2D eigenvalue weighted by molar-refractivity contribution is 0.452. The summed E-state index contributed by atoms with van der Waals surface area (Å²) < 4.78 is 8.36. The number of ether oxygens (including phenoxy) is 1. The monoisotopic (exact) mass is 649 g/mol. The third kappa shape index (κ3) is 7.00. The third-order valence-corrected chi connectivity index (χ3v) is 6.26. The number of benzene rings is 3. The Morgan fingerprint density at radius 1 is 0.933 bits per heavy atom. The summed E-state index contributed by atoms with van der Waals surface area (Å²) in [6, 6.07) is 20.3. The lowest BCUT2D eigenvalue weighted by Gasteiger charge is -2.15. The van der Waals surface area contributed by atoms with Crippen molar-refractivity contribution in [2.24, 2.45) is 0 Å². The standard InChI is InChI=1S/C24H25I2NO2.ClH/c1-16(2)20-14-19(8-9-23(20)28)29-24-21(25)12-18(13-22(24)26)10-11-27-15-17-6-4-3-5-7-17;/h3-9,12-14,16,27-28H,10-11,15H2,1-2H3;1H. The molecule has 0 bridgehead atoms. The zero-order chi connectivity index (χ0) is 20.8. The van der Waals surface area contributed by atoms with E-state index in [1.54, 1.807) is 6.07 Å². The lowest BCUT2D eigenvalue weighted by Crippen LogP contribution is -2.16. The lowest BCUT2D eigenvalue weighted by atomic mass is 10.0. The molecular formula is C24H26ClI2NO2. The summed E-state index contributed by atoms with van der Waals surface area (Å²) in [6.45, 7) is 5.94. The first-order valence-electron chi connectivity index (χ1n) is 9.67. The van der Waals surface area contributed by atoms with Gasteiger partial charge in [-0.2, -0.15) is 0 Å². The zero-order valence-electron chi connectivity index (χ0n) is 17.0. The van der Waals surface area contributed by atoms with Crippen molar-refractivity contribution >= 4 is 57.6 Å². The van der Waals surface area contributed by atoms with E-state index in [-0.39, 0.29) is 18.3 Å². The van der Waals surface area contributed by atoms with Gasteiger partial charge in [-0.1, -0.05) is 44.2 Å². The Morgan fingerprint density at radius 2 is 1.60 bits per heavy atom. The van der Waals surface area contributed by atoms with Crippen LogP contribution in [0.15, 0.2) is 60.7 Å². The predicted octanol–water partition coefficient (Wildman–Crippen LogP) is 7.27. The van der Waals surface area contributed by atoms with Gasteiger partial charge in [-0.15, -0.1) is 12.4 Å². The minimum absolute atomic E-state index is 0. The number of hydrogen-bond acceptors (Lipinski definition) is 3. The molecule has 0 aromatic heterocycles. The van der Waals surface area contributed by atoms with E-state index in [0.29, 0.717) is 5.75 Å².